The van der Waals surface area contributed by atoms with Crippen molar-refractivity contribution in [2.45, 2.75) is 32.1 Å². The van der Waals surface area contributed by atoms with Crippen molar-refractivity contribution in [2.75, 3.05) is 45.8 Å². The summed E-state index contributed by atoms with van der Waals surface area (Å²) in [5, 5.41) is 6.18. The molecule has 2 aliphatic heterocycles. The van der Waals surface area contributed by atoms with Crippen molar-refractivity contribution in [1.29, 1.82) is 0 Å². The molecule has 8 heteroatoms. The van der Waals surface area contributed by atoms with E-state index in [2.05, 4.69) is 26.6 Å². The van der Waals surface area contributed by atoms with Crippen LogP contribution in [0.1, 0.15) is 32.1 Å². The lowest BCUT2D eigenvalue weighted by molar-refractivity contribution is -0.137. The van der Waals surface area contributed by atoms with E-state index in [1.807, 2.05) is 0 Å². The highest BCUT2D eigenvalue weighted by Crippen LogP contribution is 2.21. The highest BCUT2D eigenvalue weighted by molar-refractivity contribution is 7.80. The molecule has 0 aromatic carbocycles. The van der Waals surface area contributed by atoms with E-state index in [1.54, 1.807) is 0 Å². The van der Waals surface area contributed by atoms with Gasteiger partial charge in [0.15, 0.2) is 11.0 Å². The van der Waals surface area contributed by atoms with Gasteiger partial charge in [0.05, 0.1) is 6.54 Å². The largest absolute Gasteiger partial charge is 0.314 e. The van der Waals surface area contributed by atoms with Gasteiger partial charge in [0.1, 0.15) is 0 Å². The standard InChI is InChI=1S/C19H29N5O2S/c25-17-16(14-21-9-13-23-11-7-20-8-12-23)18(26)24(19(27)22-17)10-6-15-4-2-1-3-5-15/h4,14,16,20H,1-3,5-13H2,(H,22,25,27)/t16-/m1/s1. The van der Waals surface area contributed by atoms with Gasteiger partial charge < -0.3 is 10.6 Å². The van der Waals surface area contributed by atoms with Gasteiger partial charge in [-0.2, -0.15) is 0 Å². The Morgan fingerprint density at radius 2 is 2.04 bits per heavy atom. The Labute approximate surface area is 166 Å². The lowest BCUT2D eigenvalue weighted by Gasteiger charge is -2.31. The predicted molar refractivity (Wildman–Crippen MR) is 110 cm³/mol. The van der Waals surface area contributed by atoms with Gasteiger partial charge in [0.25, 0.3) is 0 Å². The Hall–Kier alpha value is -1.64. The number of allylic oxidation sites excluding steroid dienone is 1. The minimum absolute atomic E-state index is 0.215. The maximum atomic E-state index is 12.8. The van der Waals surface area contributed by atoms with Gasteiger partial charge in [-0.1, -0.05) is 11.6 Å². The second-order valence-corrected chi connectivity index (χ2v) is 7.65. The summed E-state index contributed by atoms with van der Waals surface area (Å²) in [4.78, 5) is 33.2. The molecule has 0 unspecified atom stereocenters. The van der Waals surface area contributed by atoms with Crippen molar-refractivity contribution in [1.82, 2.24) is 20.4 Å². The lowest BCUT2D eigenvalue weighted by atomic mass is 9.97. The fourth-order valence-electron chi connectivity index (χ4n) is 3.67. The molecule has 3 aliphatic rings. The summed E-state index contributed by atoms with van der Waals surface area (Å²) in [7, 11) is 0. The number of rotatable bonds is 7. The highest BCUT2D eigenvalue weighted by Gasteiger charge is 2.37. The first-order valence-corrected chi connectivity index (χ1v) is 10.3. The van der Waals surface area contributed by atoms with Crippen molar-refractivity contribution >= 4 is 35.4 Å². The normalized spacial score (nSPS) is 25.0. The fourth-order valence-corrected chi connectivity index (χ4v) is 3.96. The van der Waals surface area contributed by atoms with E-state index in [0.29, 0.717) is 13.1 Å². The predicted octanol–water partition coefficient (Wildman–Crippen LogP) is 0.712. The third-order valence-corrected chi connectivity index (χ3v) is 5.66. The number of carbonyl (C=O) groups excluding carboxylic acids is 2. The van der Waals surface area contributed by atoms with Gasteiger partial charge >= 0.3 is 0 Å². The molecule has 27 heavy (non-hydrogen) atoms. The molecular weight excluding hydrogens is 362 g/mol. The number of piperazine rings is 1. The summed E-state index contributed by atoms with van der Waals surface area (Å²) >= 11 is 5.22. The summed E-state index contributed by atoms with van der Waals surface area (Å²) < 4.78 is 0. The molecule has 2 fully saturated rings. The Morgan fingerprint density at radius 3 is 2.78 bits per heavy atom. The minimum Gasteiger partial charge on any atom is -0.314 e. The highest BCUT2D eigenvalue weighted by atomic mass is 32.1. The van der Waals surface area contributed by atoms with Crippen LogP contribution in [-0.2, 0) is 9.59 Å². The average molecular weight is 392 g/mol. The molecule has 0 aromatic heterocycles. The fraction of sp³-hybridized carbons (Fsp3) is 0.684. The van der Waals surface area contributed by atoms with Crippen LogP contribution in [0, 0.1) is 5.92 Å². The van der Waals surface area contributed by atoms with Crippen LogP contribution in [0.15, 0.2) is 16.6 Å². The van der Waals surface area contributed by atoms with Gasteiger partial charge in [-0.15, -0.1) is 0 Å². The molecule has 0 saturated carbocycles. The van der Waals surface area contributed by atoms with Crippen LogP contribution in [0.5, 0.6) is 0 Å². The summed E-state index contributed by atoms with van der Waals surface area (Å²) in [5.41, 5.74) is 1.38. The van der Waals surface area contributed by atoms with E-state index < -0.39 is 5.92 Å². The van der Waals surface area contributed by atoms with E-state index in [-0.39, 0.29) is 16.9 Å². The maximum Gasteiger partial charge on any atom is 0.246 e. The van der Waals surface area contributed by atoms with Crippen LogP contribution >= 0.6 is 12.2 Å². The number of hydrogen-bond donors (Lipinski definition) is 2. The molecule has 2 amide bonds. The Kier molecular flexibility index (Phi) is 7.49. The molecule has 0 aromatic rings. The second kappa shape index (κ2) is 10.1. The van der Waals surface area contributed by atoms with Crippen LogP contribution in [0.3, 0.4) is 0 Å². The average Bonchev–Trinajstić information content (AvgIpc) is 2.68. The molecule has 148 valence electrons. The van der Waals surface area contributed by atoms with Crippen molar-refractivity contribution in [2.24, 2.45) is 10.9 Å². The lowest BCUT2D eigenvalue weighted by Crippen LogP contribution is -2.58. The van der Waals surface area contributed by atoms with Crippen molar-refractivity contribution in [3.8, 4) is 0 Å². The van der Waals surface area contributed by atoms with E-state index >= 15 is 0 Å². The molecule has 3 rings (SSSR count). The molecule has 0 radical (unpaired) electrons. The van der Waals surface area contributed by atoms with E-state index in [0.717, 1.165) is 52.0 Å². The van der Waals surface area contributed by atoms with Crippen molar-refractivity contribution < 1.29 is 9.59 Å². The molecule has 2 saturated heterocycles. The van der Waals surface area contributed by atoms with Gasteiger partial charge in [-0.25, -0.2) is 0 Å². The SMILES string of the molecule is O=C1NC(=S)N(CCC2=CCCCC2)C(=O)[C@@H]1C=NCCN1CCNCC1. The summed E-state index contributed by atoms with van der Waals surface area (Å²) in [6.07, 6.45) is 9.25. The smallest absolute Gasteiger partial charge is 0.246 e. The molecule has 2 heterocycles. The number of thiocarbonyl (C=S) groups is 1. The minimum atomic E-state index is -0.875. The van der Waals surface area contributed by atoms with E-state index in [4.69, 9.17) is 12.2 Å². The molecule has 2 N–H and O–H groups in total. The quantitative estimate of drug-likeness (QED) is 0.289. The Morgan fingerprint density at radius 1 is 1.22 bits per heavy atom. The summed E-state index contributed by atoms with van der Waals surface area (Å²) in [5.74, 6) is -1.50. The Balaban J connectivity index is 1.51. The number of nitrogens with one attached hydrogen (secondary N) is 2. The summed E-state index contributed by atoms with van der Waals surface area (Å²) in [6.45, 7) is 5.97. The van der Waals surface area contributed by atoms with E-state index in [1.165, 1.54) is 29.5 Å². The van der Waals surface area contributed by atoms with Crippen molar-refractivity contribution in [3.63, 3.8) is 0 Å². The first-order valence-electron chi connectivity index (χ1n) is 9.92. The molecule has 0 bridgehead atoms. The molecule has 0 spiro atoms. The summed E-state index contributed by atoms with van der Waals surface area (Å²) in [6, 6.07) is 0. The number of carbonyl (C=O) groups is 2. The number of amides is 2. The number of nitrogens with zero attached hydrogens (tertiary/aromatic N) is 3. The topological polar surface area (TPSA) is 77.0 Å². The number of aliphatic imine (C=N–C) groups is 1. The van der Waals surface area contributed by atoms with Crippen LogP contribution in [0.2, 0.25) is 0 Å². The van der Waals surface area contributed by atoms with Crippen LogP contribution in [0.4, 0.5) is 0 Å². The second-order valence-electron chi connectivity index (χ2n) is 7.27. The third-order valence-electron chi connectivity index (χ3n) is 5.34. The molecular formula is C19H29N5O2S. The zero-order chi connectivity index (χ0) is 19.1. The maximum absolute atomic E-state index is 12.8. The van der Waals surface area contributed by atoms with Crippen LogP contribution in [-0.4, -0.2) is 78.8 Å². The van der Waals surface area contributed by atoms with Crippen LogP contribution < -0.4 is 10.6 Å². The van der Waals surface area contributed by atoms with E-state index in [9.17, 15) is 9.59 Å². The number of hydrogen-bond acceptors (Lipinski definition) is 6. The zero-order valence-electron chi connectivity index (χ0n) is 15.8. The van der Waals surface area contributed by atoms with Gasteiger partial charge in [-0.05, 0) is 44.3 Å². The van der Waals surface area contributed by atoms with Crippen molar-refractivity contribution in [3.05, 3.63) is 11.6 Å². The Bertz CT molecular complexity index is 628. The molecule has 7 nitrogen and oxygen atoms in total. The van der Waals surface area contributed by atoms with Gasteiger partial charge in [0, 0.05) is 45.5 Å². The third kappa shape index (κ3) is 5.67. The molecule has 1 aliphatic carbocycles. The first-order chi connectivity index (χ1) is 13.1. The van der Waals surface area contributed by atoms with Gasteiger partial charge in [0.2, 0.25) is 11.8 Å². The van der Waals surface area contributed by atoms with Crippen LogP contribution in [0.25, 0.3) is 0 Å². The monoisotopic (exact) mass is 391 g/mol. The zero-order valence-corrected chi connectivity index (χ0v) is 16.6. The molecule has 1 atom stereocenters. The van der Waals surface area contributed by atoms with Gasteiger partial charge in [-0.3, -0.25) is 24.4 Å². The first kappa shape index (κ1) is 20.1.